The molecule has 1 N–H and O–H groups in total. The molecule has 0 radical (unpaired) electrons. The van der Waals surface area contributed by atoms with Gasteiger partial charge >= 0.3 is 0 Å². The van der Waals surface area contributed by atoms with E-state index in [4.69, 9.17) is 0 Å². The Balaban J connectivity index is 1.96. The minimum absolute atomic E-state index is 0.529. The van der Waals surface area contributed by atoms with Gasteiger partial charge in [0.2, 0.25) is 0 Å². The lowest BCUT2D eigenvalue weighted by molar-refractivity contribution is 0.588. The van der Waals surface area contributed by atoms with E-state index in [1.165, 1.54) is 8.45 Å². The van der Waals surface area contributed by atoms with E-state index in [2.05, 4.69) is 63.4 Å². The second-order valence-electron chi connectivity index (χ2n) is 4.00. The highest BCUT2D eigenvalue weighted by molar-refractivity contribution is 14.1. The highest BCUT2D eigenvalue weighted by Crippen LogP contribution is 2.28. The van der Waals surface area contributed by atoms with Crippen LogP contribution in [0.15, 0.2) is 11.4 Å². The van der Waals surface area contributed by atoms with E-state index >= 15 is 0 Å². The zero-order chi connectivity index (χ0) is 12.3. The maximum Gasteiger partial charge on any atom is 0.148 e. The molecule has 6 heteroatoms. The van der Waals surface area contributed by atoms with Gasteiger partial charge in [0.15, 0.2) is 0 Å². The van der Waals surface area contributed by atoms with E-state index in [0.717, 1.165) is 23.0 Å². The van der Waals surface area contributed by atoms with Gasteiger partial charge in [0.1, 0.15) is 10.0 Å². The molecule has 0 spiro atoms. The van der Waals surface area contributed by atoms with Gasteiger partial charge < -0.3 is 5.32 Å². The molecule has 0 bridgehead atoms. The Kier molecular flexibility index (Phi) is 4.89. The first kappa shape index (κ1) is 13.4. The fraction of sp³-hybridized carbons (Fsp3) is 0.455. The Morgan fingerprint density at radius 3 is 2.88 bits per heavy atom. The fourth-order valence-electron chi connectivity index (χ4n) is 1.36. The molecule has 0 fully saturated rings. The van der Waals surface area contributed by atoms with Crippen LogP contribution >= 0.6 is 45.3 Å². The van der Waals surface area contributed by atoms with Gasteiger partial charge in [-0.05, 0) is 28.7 Å². The summed E-state index contributed by atoms with van der Waals surface area (Å²) in [6.07, 6.45) is 0.955. The molecule has 2 heterocycles. The number of thiophene rings is 1. The van der Waals surface area contributed by atoms with Gasteiger partial charge in [-0.1, -0.05) is 25.2 Å². The second kappa shape index (κ2) is 6.21. The molecule has 0 amide bonds. The first-order valence-electron chi connectivity index (χ1n) is 5.45. The topological polar surface area (TPSA) is 37.8 Å². The third-order valence-electron chi connectivity index (χ3n) is 2.17. The van der Waals surface area contributed by atoms with Crippen molar-refractivity contribution in [1.82, 2.24) is 15.5 Å². The van der Waals surface area contributed by atoms with Crippen molar-refractivity contribution in [2.24, 2.45) is 0 Å². The van der Waals surface area contributed by atoms with Crippen molar-refractivity contribution >= 4 is 45.3 Å². The third-order valence-corrected chi connectivity index (χ3v) is 4.99. The van der Waals surface area contributed by atoms with Crippen LogP contribution in [0.3, 0.4) is 0 Å². The Bertz CT molecular complexity index is 479. The van der Waals surface area contributed by atoms with Crippen molar-refractivity contribution in [2.75, 3.05) is 6.54 Å². The van der Waals surface area contributed by atoms with E-state index in [1.54, 1.807) is 22.7 Å². The van der Waals surface area contributed by atoms with Gasteiger partial charge in [0, 0.05) is 30.0 Å². The Hall–Kier alpha value is -0.0500. The van der Waals surface area contributed by atoms with Crippen molar-refractivity contribution in [2.45, 2.75) is 26.3 Å². The molecule has 3 nitrogen and oxygen atoms in total. The molecule has 0 aliphatic rings. The lowest BCUT2D eigenvalue weighted by atomic mass is 10.3. The van der Waals surface area contributed by atoms with Crippen molar-refractivity contribution in [3.63, 3.8) is 0 Å². The smallest absolute Gasteiger partial charge is 0.148 e. The zero-order valence-electron chi connectivity index (χ0n) is 9.74. The summed E-state index contributed by atoms with van der Waals surface area (Å²) in [5.74, 6) is 0. The molecule has 0 aromatic carbocycles. The van der Waals surface area contributed by atoms with E-state index < -0.39 is 0 Å². The SMILES string of the molecule is CC(C)NCCc1nnc(-c2csc(I)c2)s1. The second-order valence-corrected chi connectivity index (χ2v) is 7.87. The summed E-state index contributed by atoms with van der Waals surface area (Å²) >= 11 is 5.76. The molecule has 2 aromatic heterocycles. The number of rotatable bonds is 5. The number of aromatic nitrogens is 2. The monoisotopic (exact) mass is 379 g/mol. The summed E-state index contributed by atoms with van der Waals surface area (Å²) < 4.78 is 1.29. The van der Waals surface area contributed by atoms with Crippen LogP contribution in [0.5, 0.6) is 0 Å². The average Bonchev–Trinajstić information content (AvgIpc) is 2.86. The zero-order valence-corrected chi connectivity index (χ0v) is 13.5. The van der Waals surface area contributed by atoms with E-state index in [1.807, 2.05) is 0 Å². The van der Waals surface area contributed by atoms with Gasteiger partial charge in [0.05, 0.1) is 2.88 Å². The standard InChI is InChI=1S/C11H14IN3S2/c1-7(2)13-4-3-10-14-15-11(17-10)8-5-9(12)16-6-8/h5-7,13H,3-4H2,1-2H3. The first-order valence-corrected chi connectivity index (χ1v) is 8.23. The van der Waals surface area contributed by atoms with Gasteiger partial charge in [-0.25, -0.2) is 0 Å². The van der Waals surface area contributed by atoms with Crippen LogP contribution in [0.1, 0.15) is 18.9 Å². The van der Waals surface area contributed by atoms with Crippen LogP contribution in [0.25, 0.3) is 10.6 Å². The molecular formula is C11H14IN3S2. The van der Waals surface area contributed by atoms with Gasteiger partial charge in [-0.2, -0.15) is 0 Å². The van der Waals surface area contributed by atoms with E-state index in [-0.39, 0.29) is 0 Å². The summed E-state index contributed by atoms with van der Waals surface area (Å²) in [7, 11) is 0. The quantitative estimate of drug-likeness (QED) is 0.810. The largest absolute Gasteiger partial charge is 0.314 e. The molecule has 92 valence electrons. The van der Waals surface area contributed by atoms with Gasteiger partial charge in [0.25, 0.3) is 0 Å². The fourth-order valence-corrected chi connectivity index (χ4v) is 3.59. The van der Waals surface area contributed by atoms with Gasteiger partial charge in [-0.15, -0.1) is 21.5 Å². The van der Waals surface area contributed by atoms with Crippen molar-refractivity contribution < 1.29 is 0 Å². The molecular weight excluding hydrogens is 365 g/mol. The lowest BCUT2D eigenvalue weighted by Gasteiger charge is -2.04. The van der Waals surface area contributed by atoms with Crippen LogP contribution < -0.4 is 5.32 Å². The Morgan fingerprint density at radius 1 is 1.41 bits per heavy atom. The number of nitrogens with one attached hydrogen (secondary N) is 1. The predicted octanol–water partition coefficient (Wildman–Crippen LogP) is 3.41. The molecule has 2 rings (SSSR count). The molecule has 2 aromatic rings. The van der Waals surface area contributed by atoms with E-state index in [9.17, 15) is 0 Å². The van der Waals surface area contributed by atoms with Crippen LogP contribution in [0.2, 0.25) is 0 Å². The maximum absolute atomic E-state index is 4.24. The summed E-state index contributed by atoms with van der Waals surface area (Å²) in [6.45, 7) is 5.27. The normalized spacial score (nSPS) is 11.3. The van der Waals surface area contributed by atoms with E-state index in [0.29, 0.717) is 6.04 Å². The number of hydrogen-bond acceptors (Lipinski definition) is 5. The molecule has 0 aliphatic heterocycles. The molecule has 0 atom stereocenters. The highest BCUT2D eigenvalue weighted by Gasteiger charge is 2.08. The molecule has 0 saturated heterocycles. The number of hydrogen-bond donors (Lipinski definition) is 1. The van der Waals surface area contributed by atoms with Crippen LogP contribution in [-0.4, -0.2) is 22.8 Å². The lowest BCUT2D eigenvalue weighted by Crippen LogP contribution is -2.24. The summed E-state index contributed by atoms with van der Waals surface area (Å²) in [5.41, 5.74) is 1.19. The predicted molar refractivity (Wildman–Crippen MR) is 82.8 cm³/mol. The molecule has 0 unspecified atom stereocenters. The first-order chi connectivity index (χ1) is 8.15. The minimum Gasteiger partial charge on any atom is -0.314 e. The van der Waals surface area contributed by atoms with Crippen LogP contribution in [0, 0.1) is 2.88 Å². The number of nitrogens with zero attached hydrogens (tertiary/aromatic N) is 2. The van der Waals surface area contributed by atoms with Crippen LogP contribution in [0.4, 0.5) is 0 Å². The Morgan fingerprint density at radius 2 is 2.24 bits per heavy atom. The van der Waals surface area contributed by atoms with Crippen molar-refractivity contribution in [3.8, 4) is 10.6 Å². The van der Waals surface area contributed by atoms with Gasteiger partial charge in [-0.3, -0.25) is 0 Å². The number of halogens is 1. The summed E-state index contributed by atoms with van der Waals surface area (Å²) in [4.78, 5) is 0. The molecule has 0 aliphatic carbocycles. The minimum atomic E-state index is 0.529. The molecule has 17 heavy (non-hydrogen) atoms. The van der Waals surface area contributed by atoms with Crippen LogP contribution in [-0.2, 0) is 6.42 Å². The average molecular weight is 379 g/mol. The summed E-state index contributed by atoms with van der Waals surface area (Å²) in [6, 6.07) is 2.68. The highest BCUT2D eigenvalue weighted by atomic mass is 127. The summed E-state index contributed by atoms with van der Waals surface area (Å²) in [5, 5.41) is 16.1. The van der Waals surface area contributed by atoms with Crippen molar-refractivity contribution in [3.05, 3.63) is 19.3 Å². The maximum atomic E-state index is 4.24. The molecule has 0 saturated carbocycles. The Labute approximate surface area is 123 Å². The third kappa shape index (κ3) is 3.97. The van der Waals surface area contributed by atoms with Crippen molar-refractivity contribution in [1.29, 1.82) is 0 Å².